The van der Waals surface area contributed by atoms with Gasteiger partial charge in [0.1, 0.15) is 4.34 Å². The van der Waals surface area contributed by atoms with Crippen molar-refractivity contribution in [3.05, 3.63) is 21.6 Å². The topological polar surface area (TPSA) is 16.1 Å². The quantitative estimate of drug-likeness (QED) is 0.750. The fourth-order valence-electron chi connectivity index (χ4n) is 2.66. The Kier molecular flexibility index (Phi) is 2.34. The van der Waals surface area contributed by atoms with Crippen LogP contribution < -0.4 is 0 Å². The highest BCUT2D eigenvalue weighted by molar-refractivity contribution is 7.14. The minimum absolute atomic E-state index is 0.608. The molecule has 1 saturated heterocycles. The summed E-state index contributed by atoms with van der Waals surface area (Å²) in [7, 11) is 2.22. The largest absolute Gasteiger partial charge is 0.297 e. The van der Waals surface area contributed by atoms with E-state index in [4.69, 9.17) is 11.6 Å². The standard InChI is InChI=1S/C11H13ClN2S/c1-14-8-2-3-9(14)5-7(4-8)10-11(12)15-6-13-10/h4,6,8-9H,2-3,5H2,1H3. The zero-order valence-electron chi connectivity index (χ0n) is 8.61. The Hall–Kier alpha value is -0.380. The van der Waals surface area contributed by atoms with Crippen LogP contribution in [0.15, 0.2) is 11.6 Å². The lowest BCUT2D eigenvalue weighted by Gasteiger charge is -2.29. The Balaban J connectivity index is 1.97. The number of hydrogen-bond donors (Lipinski definition) is 0. The van der Waals surface area contributed by atoms with Crippen LogP contribution in [0.5, 0.6) is 0 Å². The maximum Gasteiger partial charge on any atom is 0.120 e. The molecule has 2 bridgehead atoms. The Morgan fingerprint density at radius 2 is 2.40 bits per heavy atom. The zero-order chi connectivity index (χ0) is 10.4. The van der Waals surface area contributed by atoms with Crippen LogP contribution >= 0.6 is 22.9 Å². The molecule has 3 rings (SSSR count). The molecule has 80 valence electrons. The van der Waals surface area contributed by atoms with E-state index >= 15 is 0 Å². The number of thiazole rings is 1. The molecule has 2 unspecified atom stereocenters. The number of fused-ring (bicyclic) bond motifs is 2. The Bertz CT molecular complexity index is 412. The van der Waals surface area contributed by atoms with Crippen molar-refractivity contribution in [1.29, 1.82) is 0 Å². The molecular weight excluding hydrogens is 228 g/mol. The van der Waals surface area contributed by atoms with Crippen molar-refractivity contribution in [1.82, 2.24) is 9.88 Å². The molecule has 2 aliphatic heterocycles. The summed E-state index contributed by atoms with van der Waals surface area (Å²) in [5.74, 6) is 0. The van der Waals surface area contributed by atoms with Crippen molar-refractivity contribution >= 4 is 28.5 Å². The number of hydrogen-bond acceptors (Lipinski definition) is 3. The van der Waals surface area contributed by atoms with E-state index in [2.05, 4.69) is 23.0 Å². The van der Waals surface area contributed by atoms with Gasteiger partial charge in [0.15, 0.2) is 0 Å². The first kappa shape index (κ1) is 9.82. The number of aromatic nitrogens is 1. The van der Waals surface area contributed by atoms with Gasteiger partial charge in [0.2, 0.25) is 0 Å². The van der Waals surface area contributed by atoms with Gasteiger partial charge in [-0.05, 0) is 31.9 Å². The number of rotatable bonds is 1. The fraction of sp³-hybridized carbons (Fsp3) is 0.545. The van der Waals surface area contributed by atoms with Crippen LogP contribution in [-0.2, 0) is 0 Å². The van der Waals surface area contributed by atoms with Gasteiger partial charge < -0.3 is 0 Å². The maximum atomic E-state index is 6.13. The summed E-state index contributed by atoms with van der Waals surface area (Å²) in [6.07, 6.45) is 6.05. The number of nitrogens with zero attached hydrogens (tertiary/aromatic N) is 2. The monoisotopic (exact) mass is 240 g/mol. The summed E-state index contributed by atoms with van der Waals surface area (Å²) in [6.45, 7) is 0. The SMILES string of the molecule is CN1C2C=C(c3ncsc3Cl)CC1CC2. The summed E-state index contributed by atoms with van der Waals surface area (Å²) >= 11 is 7.65. The van der Waals surface area contributed by atoms with Crippen LogP contribution in [0.25, 0.3) is 5.57 Å². The van der Waals surface area contributed by atoms with E-state index in [-0.39, 0.29) is 0 Å². The van der Waals surface area contributed by atoms with Gasteiger partial charge in [-0.15, -0.1) is 11.3 Å². The highest BCUT2D eigenvalue weighted by atomic mass is 35.5. The summed E-state index contributed by atoms with van der Waals surface area (Å²) in [5.41, 5.74) is 4.21. The Morgan fingerprint density at radius 1 is 1.53 bits per heavy atom. The second-order valence-corrected chi connectivity index (χ2v) is 5.79. The van der Waals surface area contributed by atoms with Crippen LogP contribution in [0.1, 0.15) is 25.0 Å². The van der Waals surface area contributed by atoms with Gasteiger partial charge in [-0.25, -0.2) is 4.98 Å². The second kappa shape index (κ2) is 3.58. The van der Waals surface area contributed by atoms with E-state index in [0.29, 0.717) is 12.1 Å². The van der Waals surface area contributed by atoms with Gasteiger partial charge in [-0.2, -0.15) is 0 Å². The van der Waals surface area contributed by atoms with E-state index < -0.39 is 0 Å². The molecule has 0 amide bonds. The third-order valence-electron chi connectivity index (χ3n) is 3.57. The normalized spacial score (nSPS) is 30.7. The first-order chi connectivity index (χ1) is 7.25. The predicted molar refractivity (Wildman–Crippen MR) is 64.3 cm³/mol. The molecule has 0 aliphatic carbocycles. The molecule has 1 aromatic heterocycles. The van der Waals surface area contributed by atoms with Crippen LogP contribution in [0.3, 0.4) is 0 Å². The molecule has 1 aromatic rings. The molecule has 3 heterocycles. The van der Waals surface area contributed by atoms with Crippen molar-refractivity contribution in [3.8, 4) is 0 Å². The minimum Gasteiger partial charge on any atom is -0.297 e. The molecular formula is C11H13ClN2S. The molecule has 0 N–H and O–H groups in total. The van der Waals surface area contributed by atoms with Crippen LogP contribution in [0.2, 0.25) is 4.34 Å². The van der Waals surface area contributed by atoms with Crippen molar-refractivity contribution in [2.24, 2.45) is 0 Å². The molecule has 0 saturated carbocycles. The van der Waals surface area contributed by atoms with Gasteiger partial charge in [0.25, 0.3) is 0 Å². The lowest BCUT2D eigenvalue weighted by molar-refractivity contribution is 0.264. The van der Waals surface area contributed by atoms with Crippen LogP contribution in [-0.4, -0.2) is 29.0 Å². The van der Waals surface area contributed by atoms with Crippen molar-refractivity contribution in [2.75, 3.05) is 7.05 Å². The lowest BCUT2D eigenvalue weighted by atomic mass is 10.00. The van der Waals surface area contributed by atoms with E-state index in [1.165, 1.54) is 29.8 Å². The molecule has 2 aliphatic rings. The summed E-state index contributed by atoms with van der Waals surface area (Å²) in [4.78, 5) is 6.84. The number of halogens is 1. The summed E-state index contributed by atoms with van der Waals surface area (Å²) in [5, 5.41) is 0. The maximum absolute atomic E-state index is 6.13. The van der Waals surface area contributed by atoms with Gasteiger partial charge in [0, 0.05) is 12.1 Å². The molecule has 1 fully saturated rings. The van der Waals surface area contributed by atoms with Gasteiger partial charge in [0.05, 0.1) is 11.2 Å². The number of likely N-dealkylation sites (N-methyl/N-ethyl adjacent to an activating group) is 1. The fourth-order valence-corrected chi connectivity index (χ4v) is 3.49. The van der Waals surface area contributed by atoms with Gasteiger partial charge >= 0.3 is 0 Å². The van der Waals surface area contributed by atoms with Crippen LogP contribution in [0, 0.1) is 0 Å². The Morgan fingerprint density at radius 3 is 3.07 bits per heavy atom. The van der Waals surface area contributed by atoms with E-state index in [0.717, 1.165) is 16.5 Å². The molecule has 0 aromatic carbocycles. The first-order valence-corrected chi connectivity index (χ1v) is 6.53. The second-order valence-electron chi connectivity index (χ2n) is 4.33. The van der Waals surface area contributed by atoms with E-state index in [1.807, 2.05) is 5.51 Å². The predicted octanol–water partition coefficient (Wildman–Crippen LogP) is 3.05. The third kappa shape index (κ3) is 1.53. The van der Waals surface area contributed by atoms with Crippen molar-refractivity contribution in [3.63, 3.8) is 0 Å². The van der Waals surface area contributed by atoms with Crippen molar-refractivity contribution in [2.45, 2.75) is 31.3 Å². The first-order valence-electron chi connectivity index (χ1n) is 5.27. The third-order valence-corrected chi connectivity index (χ3v) is 4.63. The smallest absolute Gasteiger partial charge is 0.120 e. The minimum atomic E-state index is 0.608. The molecule has 0 radical (unpaired) electrons. The lowest BCUT2D eigenvalue weighted by Crippen LogP contribution is -2.34. The molecule has 4 heteroatoms. The molecule has 2 atom stereocenters. The summed E-state index contributed by atoms with van der Waals surface area (Å²) < 4.78 is 0.838. The average Bonchev–Trinajstić information content (AvgIpc) is 2.70. The molecule has 0 spiro atoms. The highest BCUT2D eigenvalue weighted by Crippen LogP contribution is 2.39. The van der Waals surface area contributed by atoms with E-state index in [1.54, 1.807) is 0 Å². The van der Waals surface area contributed by atoms with E-state index in [9.17, 15) is 0 Å². The van der Waals surface area contributed by atoms with Crippen LogP contribution in [0.4, 0.5) is 0 Å². The Labute approximate surface area is 98.6 Å². The molecule has 2 nitrogen and oxygen atoms in total. The highest BCUT2D eigenvalue weighted by Gasteiger charge is 2.34. The summed E-state index contributed by atoms with van der Waals surface area (Å²) in [6, 6.07) is 1.31. The molecule has 15 heavy (non-hydrogen) atoms. The van der Waals surface area contributed by atoms with Crippen molar-refractivity contribution < 1.29 is 0 Å². The average molecular weight is 241 g/mol. The van der Waals surface area contributed by atoms with Gasteiger partial charge in [-0.3, -0.25) is 4.90 Å². The zero-order valence-corrected chi connectivity index (χ0v) is 10.2. The van der Waals surface area contributed by atoms with Gasteiger partial charge in [-0.1, -0.05) is 17.7 Å².